The van der Waals surface area contributed by atoms with Crippen LogP contribution >= 0.6 is 71.9 Å². The monoisotopic (exact) mass is 1260 g/mol. The highest BCUT2D eigenvalue weighted by Gasteiger charge is 2.32. The van der Waals surface area contributed by atoms with Crippen LogP contribution in [0.5, 0.6) is 0 Å². The topological polar surface area (TPSA) is 245 Å². The minimum atomic E-state index is -0.875. The first-order chi connectivity index (χ1) is 41.2. The van der Waals surface area contributed by atoms with Crippen LogP contribution < -0.4 is 47.1 Å². The molecule has 6 amide bonds. The van der Waals surface area contributed by atoms with Crippen molar-refractivity contribution in [3.8, 4) is 0 Å². The summed E-state index contributed by atoms with van der Waals surface area (Å²) < 4.78 is 3.31. The third kappa shape index (κ3) is 15.1. The Bertz CT molecular complexity index is 3360. The molecule has 3 fully saturated rings. The average molecular weight is 1260 g/mol. The van der Waals surface area contributed by atoms with Gasteiger partial charge in [0.25, 0.3) is 52.1 Å². The predicted octanol–water partition coefficient (Wildman–Crippen LogP) is 3.37. The molecule has 3 N–H and O–H groups in total. The van der Waals surface area contributed by atoms with Gasteiger partial charge in [-0.3, -0.25) is 62.8 Å². The molecule has 85 heavy (non-hydrogen) atoms. The molecule has 440 valence electrons. The fourth-order valence-electron chi connectivity index (χ4n) is 8.84. The lowest BCUT2D eigenvalue weighted by Crippen LogP contribution is -2.45. The maximum Gasteiger partial charge on any atom is 0.296 e. The van der Waals surface area contributed by atoms with Crippen molar-refractivity contribution in [1.29, 1.82) is 0 Å². The number of aromatic nitrogens is 3. The van der Waals surface area contributed by atoms with Crippen LogP contribution in [0.25, 0.3) is 0 Å². The van der Waals surface area contributed by atoms with Crippen LogP contribution in [0.15, 0.2) is 142 Å². The molecule has 0 radical (unpaired) electrons. The Hall–Kier alpha value is -7.99. The van der Waals surface area contributed by atoms with Gasteiger partial charge in [0.05, 0.1) is 0 Å². The Morgan fingerprint density at radius 2 is 0.682 bits per heavy atom. The third-order valence-corrected chi connectivity index (χ3v) is 17.6. The normalized spacial score (nSPS) is 13.9. The number of benzene rings is 3. The molecule has 0 bridgehead atoms. The van der Waals surface area contributed by atoms with Crippen LogP contribution in [-0.2, 0) is 19.8 Å². The summed E-state index contributed by atoms with van der Waals surface area (Å²) in [6.07, 6.45) is 0. The number of rotatable bonds is 24. The lowest BCUT2D eigenvalue weighted by atomic mass is 10.2. The largest absolute Gasteiger partial charge is 0.405 e. The highest BCUT2D eigenvalue weighted by molar-refractivity contribution is 8.24. The number of thioether (sulfide) groups is 3. The summed E-state index contributed by atoms with van der Waals surface area (Å²) in [6, 6.07) is 34.4. The number of hydrogen-bond donors (Lipinski definition) is 3. The van der Waals surface area contributed by atoms with Crippen molar-refractivity contribution in [3.63, 3.8) is 0 Å². The summed E-state index contributed by atoms with van der Waals surface area (Å²) in [5, 5.41) is 8.43. The van der Waals surface area contributed by atoms with Gasteiger partial charge in [0.2, 0.25) is 0 Å². The number of amides is 6. The van der Waals surface area contributed by atoms with E-state index in [9.17, 15) is 43.2 Å². The maximum atomic E-state index is 14.1. The van der Waals surface area contributed by atoms with E-state index in [-0.39, 0.29) is 92.9 Å². The van der Waals surface area contributed by atoms with Gasteiger partial charge in [0.15, 0.2) is 0 Å². The number of carbonyl (C=O) groups is 6. The van der Waals surface area contributed by atoms with Crippen LogP contribution in [0.3, 0.4) is 0 Å². The lowest BCUT2D eigenvalue weighted by molar-refractivity contribution is 0.0681. The van der Waals surface area contributed by atoms with E-state index in [1.807, 2.05) is 18.2 Å². The minimum absolute atomic E-state index is 0.0732. The van der Waals surface area contributed by atoms with Crippen molar-refractivity contribution in [2.24, 2.45) is 0 Å². The molecule has 0 atom stereocenters. The summed E-state index contributed by atoms with van der Waals surface area (Å²) in [4.78, 5) is 149. The first-order valence-electron chi connectivity index (χ1n) is 26.5. The molecule has 6 heterocycles. The SMILES string of the molecule is O=C(NCCN(CCNC(=O)c1ccc(C(=O)N2CCSC2=S)c(=O)n1OCc1ccccc1)CCNC(=O)c1ccc(C(=O)N2CCSC2=S)c(=O)n1OCc1ccccc1)c1ccc(C(=O)N2CCSC2=S)c(=O)n1OCc1ccccc1. The summed E-state index contributed by atoms with van der Waals surface area (Å²) >= 11 is 20.0. The molecule has 9 rings (SSSR count). The number of hydrogen-bond acceptors (Lipinski definition) is 19. The summed E-state index contributed by atoms with van der Waals surface area (Å²) in [5.74, 6) is -2.41. The number of pyridine rings is 3. The maximum absolute atomic E-state index is 14.1. The Labute approximate surface area is 515 Å². The first kappa shape index (κ1) is 61.6. The van der Waals surface area contributed by atoms with E-state index >= 15 is 0 Å². The molecule has 0 spiro atoms. The van der Waals surface area contributed by atoms with Crippen molar-refractivity contribution in [3.05, 3.63) is 209 Å². The van der Waals surface area contributed by atoms with E-state index in [1.165, 1.54) is 86.4 Å². The number of nitrogens with zero attached hydrogens (tertiary/aromatic N) is 7. The molecule has 0 saturated carbocycles. The summed E-state index contributed by atoms with van der Waals surface area (Å²) in [5.41, 5.74) is -2.00. The molecule has 3 aromatic heterocycles. The lowest BCUT2D eigenvalue weighted by Gasteiger charge is -2.24. The van der Waals surface area contributed by atoms with E-state index in [0.29, 0.717) is 66.5 Å². The highest BCUT2D eigenvalue weighted by atomic mass is 32.2. The molecule has 3 aliphatic heterocycles. The van der Waals surface area contributed by atoms with Gasteiger partial charge in [-0.2, -0.15) is 0 Å². The minimum Gasteiger partial charge on any atom is -0.405 e. The van der Waals surface area contributed by atoms with Gasteiger partial charge in [-0.25, -0.2) is 0 Å². The van der Waals surface area contributed by atoms with Crippen LogP contribution in [-0.4, -0.2) is 158 Å². The summed E-state index contributed by atoms with van der Waals surface area (Å²) in [7, 11) is 0. The van der Waals surface area contributed by atoms with Crippen LogP contribution in [0, 0.1) is 0 Å². The van der Waals surface area contributed by atoms with Gasteiger partial charge in [-0.1, -0.05) is 163 Å². The van der Waals surface area contributed by atoms with Crippen LogP contribution in [0.1, 0.15) is 79.2 Å². The van der Waals surface area contributed by atoms with E-state index in [4.69, 9.17) is 51.2 Å². The highest BCUT2D eigenvalue weighted by Crippen LogP contribution is 2.22. The predicted molar refractivity (Wildman–Crippen MR) is 334 cm³/mol. The van der Waals surface area contributed by atoms with Crippen molar-refractivity contribution in [2.75, 3.05) is 76.2 Å². The number of nitrogens with one attached hydrogen (secondary N) is 3. The molecule has 3 saturated heterocycles. The quantitative estimate of drug-likeness (QED) is 0.0736. The van der Waals surface area contributed by atoms with Crippen LogP contribution in [0.2, 0.25) is 0 Å². The first-order valence-corrected chi connectivity index (χ1v) is 30.7. The van der Waals surface area contributed by atoms with Gasteiger partial charge in [0.1, 0.15) is 66.6 Å². The molecule has 28 heteroatoms. The molecular formula is C57H54N10O12S6. The number of carbonyl (C=O) groups excluding carboxylic acids is 6. The van der Waals surface area contributed by atoms with Gasteiger partial charge >= 0.3 is 0 Å². The standard InChI is InChI=1S/C57H54N10O12S6/c68-46(43-19-16-40(49(71)62-28-31-83-55(62)80)52(74)65(43)77-34-37-10-4-1-5-11-37)58-22-25-61(26-23-59-47(69)44-20-17-41(50(72)63-29-32-84-56(63)81)53(75)66(44)78-35-38-12-6-2-7-13-38)27-24-60-48(70)45-21-18-42(51(73)64-30-33-85-57(64)82)54(76)67(45)79-36-39-14-8-3-9-15-39/h1-21H,22-36H2,(H,58,68)(H,59,69)(H,60,70). The van der Waals surface area contributed by atoms with Crippen molar-refractivity contribution in [2.45, 2.75) is 19.8 Å². The van der Waals surface area contributed by atoms with E-state index < -0.39 is 52.1 Å². The fourth-order valence-corrected chi connectivity index (χ4v) is 12.4. The molecule has 3 aromatic carbocycles. The van der Waals surface area contributed by atoms with Gasteiger partial charge < -0.3 is 30.5 Å². The second-order valence-electron chi connectivity index (χ2n) is 18.8. The second kappa shape index (κ2) is 29.2. The smallest absolute Gasteiger partial charge is 0.296 e. The van der Waals surface area contributed by atoms with E-state index in [0.717, 1.165) is 14.2 Å². The van der Waals surface area contributed by atoms with Crippen LogP contribution in [0.4, 0.5) is 0 Å². The van der Waals surface area contributed by atoms with Gasteiger partial charge in [0, 0.05) is 76.2 Å². The Balaban J connectivity index is 0.940. The molecule has 0 aliphatic carbocycles. The van der Waals surface area contributed by atoms with E-state index in [2.05, 4.69) is 16.0 Å². The van der Waals surface area contributed by atoms with Crippen molar-refractivity contribution < 1.29 is 43.3 Å². The van der Waals surface area contributed by atoms with Crippen molar-refractivity contribution >= 4 is 120 Å². The zero-order valence-electron chi connectivity index (χ0n) is 45.2. The third-order valence-electron chi connectivity index (χ3n) is 13.3. The molecule has 0 unspecified atom stereocenters. The number of thiocarbonyl (C=S) groups is 3. The molecule has 6 aromatic rings. The summed E-state index contributed by atoms with van der Waals surface area (Å²) in [6.45, 7) is 0.531. The Morgan fingerprint density at radius 1 is 0.412 bits per heavy atom. The molecule has 22 nitrogen and oxygen atoms in total. The second-order valence-corrected chi connectivity index (χ2v) is 24.0. The zero-order chi connectivity index (χ0) is 60.0. The van der Waals surface area contributed by atoms with E-state index in [1.54, 1.807) is 77.7 Å². The molecular weight excluding hydrogens is 1210 g/mol. The Kier molecular flexibility index (Phi) is 21.2. The fraction of sp³-hybridized carbons (Fsp3) is 0.263. The average Bonchev–Trinajstić information content (AvgIpc) is 4.48. The molecule has 3 aliphatic rings. The zero-order valence-corrected chi connectivity index (χ0v) is 50.1. The Morgan fingerprint density at radius 3 is 0.929 bits per heavy atom. The van der Waals surface area contributed by atoms with Gasteiger partial charge in [-0.15, -0.1) is 14.2 Å². The van der Waals surface area contributed by atoms with Crippen molar-refractivity contribution in [1.82, 2.24) is 49.7 Å². The van der Waals surface area contributed by atoms with Gasteiger partial charge in [-0.05, 0) is 53.1 Å².